The van der Waals surface area contributed by atoms with E-state index in [-0.39, 0.29) is 5.97 Å². The molecule has 1 N–H and O–H groups in total. The van der Waals surface area contributed by atoms with Crippen molar-refractivity contribution in [1.29, 1.82) is 0 Å². The van der Waals surface area contributed by atoms with E-state index in [1.807, 2.05) is 36.4 Å². The fourth-order valence-electron chi connectivity index (χ4n) is 1.63. The van der Waals surface area contributed by atoms with Gasteiger partial charge in [0.05, 0.1) is 17.7 Å². The van der Waals surface area contributed by atoms with Crippen LogP contribution in [-0.4, -0.2) is 17.6 Å². The number of aromatic nitrogens is 1. The second-order valence-electron chi connectivity index (χ2n) is 4.08. The number of para-hydroxylation sites is 1. The number of carbonyl (C=O) groups is 1. The molecule has 2 aromatic rings. The molecule has 4 heteroatoms. The Morgan fingerprint density at radius 3 is 2.89 bits per heavy atom. The first-order valence-corrected chi connectivity index (χ1v) is 6.17. The summed E-state index contributed by atoms with van der Waals surface area (Å²) in [6, 6.07) is 11.7. The quantitative estimate of drug-likeness (QED) is 0.674. The number of anilines is 1. The summed E-state index contributed by atoms with van der Waals surface area (Å²) in [6.07, 6.45) is 1.61. The number of hydrogen-bond acceptors (Lipinski definition) is 4. The van der Waals surface area contributed by atoms with Gasteiger partial charge in [0.2, 0.25) is 0 Å². The monoisotopic (exact) mass is 256 g/mol. The normalized spacial score (nSPS) is 11.4. The number of ether oxygens (including phenoxy) is 1. The highest BCUT2D eigenvalue weighted by Crippen LogP contribution is 2.14. The molecule has 0 aliphatic carbocycles. The number of esters is 1. The van der Waals surface area contributed by atoms with Crippen molar-refractivity contribution in [1.82, 2.24) is 4.98 Å². The Morgan fingerprint density at radius 1 is 1.32 bits per heavy atom. The Kier molecular flexibility index (Phi) is 4.13. The van der Waals surface area contributed by atoms with E-state index in [0.717, 1.165) is 10.9 Å². The molecule has 4 nitrogen and oxygen atoms in total. The first kappa shape index (κ1) is 13.1. The van der Waals surface area contributed by atoms with E-state index in [2.05, 4.69) is 10.3 Å². The predicted octanol–water partition coefficient (Wildman–Crippen LogP) is 3.11. The summed E-state index contributed by atoms with van der Waals surface area (Å²) < 4.78 is 4.89. The average Bonchev–Trinajstić information content (AvgIpc) is 2.44. The van der Waals surface area contributed by atoms with Gasteiger partial charge in [-0.3, -0.25) is 0 Å². The third-order valence-electron chi connectivity index (χ3n) is 2.63. The molecular formula is C15H16N2O2. The van der Waals surface area contributed by atoms with Crippen molar-refractivity contribution in [2.75, 3.05) is 11.9 Å². The number of fused-ring (bicyclic) bond motifs is 1. The number of rotatable bonds is 4. The molecule has 1 aromatic heterocycles. The minimum Gasteiger partial charge on any atom is -0.463 e. The molecule has 19 heavy (non-hydrogen) atoms. The first-order chi connectivity index (χ1) is 9.20. The minimum atomic E-state index is -0.323. The molecule has 0 aliphatic rings. The Balaban J connectivity index is 2.13. The maximum Gasteiger partial charge on any atom is 0.335 e. The van der Waals surface area contributed by atoms with E-state index in [1.54, 1.807) is 20.0 Å². The zero-order chi connectivity index (χ0) is 13.7. The molecular weight excluding hydrogens is 240 g/mol. The topological polar surface area (TPSA) is 51.2 Å². The maximum atomic E-state index is 11.4. The molecule has 0 spiro atoms. The van der Waals surface area contributed by atoms with Crippen LogP contribution in [0.2, 0.25) is 0 Å². The van der Waals surface area contributed by atoms with Crippen LogP contribution in [0.5, 0.6) is 0 Å². The average molecular weight is 256 g/mol. The molecule has 0 unspecified atom stereocenters. The standard InChI is InChI=1S/C15H16N2O2/c1-3-19-15(18)11(2)10-16-14-9-8-12-6-4-5-7-13(12)17-14/h4-10H,3H2,1-2H3,(H,16,17). The summed E-state index contributed by atoms with van der Waals surface area (Å²) in [6.45, 7) is 3.85. The molecule has 0 fully saturated rings. The summed E-state index contributed by atoms with van der Waals surface area (Å²) in [5.74, 6) is 0.373. The van der Waals surface area contributed by atoms with E-state index in [1.165, 1.54) is 0 Å². The highest BCUT2D eigenvalue weighted by Gasteiger charge is 2.04. The molecule has 0 aliphatic heterocycles. The van der Waals surface area contributed by atoms with Gasteiger partial charge in [-0.1, -0.05) is 18.2 Å². The lowest BCUT2D eigenvalue weighted by Crippen LogP contribution is -2.06. The third kappa shape index (κ3) is 3.31. The molecule has 0 saturated heterocycles. The molecule has 98 valence electrons. The van der Waals surface area contributed by atoms with Crippen molar-refractivity contribution < 1.29 is 9.53 Å². The van der Waals surface area contributed by atoms with Crippen LogP contribution < -0.4 is 5.32 Å². The first-order valence-electron chi connectivity index (χ1n) is 6.17. The fourth-order valence-corrected chi connectivity index (χ4v) is 1.63. The minimum absolute atomic E-state index is 0.323. The van der Waals surface area contributed by atoms with Gasteiger partial charge in [0, 0.05) is 11.6 Å². The van der Waals surface area contributed by atoms with Gasteiger partial charge in [-0.2, -0.15) is 0 Å². The molecule has 0 radical (unpaired) electrons. The number of carbonyl (C=O) groups excluding carboxylic acids is 1. The van der Waals surface area contributed by atoms with Crippen LogP contribution in [-0.2, 0) is 9.53 Å². The maximum absolute atomic E-state index is 11.4. The highest BCUT2D eigenvalue weighted by atomic mass is 16.5. The van der Waals surface area contributed by atoms with Crippen molar-refractivity contribution in [3.05, 3.63) is 48.2 Å². The van der Waals surface area contributed by atoms with E-state index in [0.29, 0.717) is 18.0 Å². The van der Waals surface area contributed by atoms with Gasteiger partial charge in [0.1, 0.15) is 5.82 Å². The zero-order valence-electron chi connectivity index (χ0n) is 11.0. The second-order valence-corrected chi connectivity index (χ2v) is 4.08. The Hall–Kier alpha value is -2.36. The van der Waals surface area contributed by atoms with Crippen molar-refractivity contribution >= 4 is 22.7 Å². The fraction of sp³-hybridized carbons (Fsp3) is 0.200. The summed E-state index contributed by atoms with van der Waals surface area (Å²) in [5.41, 5.74) is 1.42. The van der Waals surface area contributed by atoms with Gasteiger partial charge in [-0.15, -0.1) is 0 Å². The third-order valence-corrected chi connectivity index (χ3v) is 2.63. The van der Waals surface area contributed by atoms with Crippen molar-refractivity contribution in [3.8, 4) is 0 Å². The largest absolute Gasteiger partial charge is 0.463 e. The Labute approximate surface area is 112 Å². The van der Waals surface area contributed by atoms with Crippen molar-refractivity contribution in [3.63, 3.8) is 0 Å². The molecule has 2 rings (SSSR count). The number of hydrogen-bond donors (Lipinski definition) is 1. The number of benzene rings is 1. The van der Waals surface area contributed by atoms with Gasteiger partial charge < -0.3 is 10.1 Å². The van der Waals surface area contributed by atoms with E-state index in [9.17, 15) is 4.79 Å². The lowest BCUT2D eigenvalue weighted by atomic mass is 10.2. The SMILES string of the molecule is CCOC(=O)C(C)=CNc1ccc2ccccc2n1. The van der Waals surface area contributed by atoms with Crippen molar-refractivity contribution in [2.45, 2.75) is 13.8 Å². The second kappa shape index (κ2) is 6.00. The van der Waals surface area contributed by atoms with E-state index in [4.69, 9.17) is 4.74 Å². The molecule has 0 atom stereocenters. The predicted molar refractivity (Wildman–Crippen MR) is 75.8 cm³/mol. The van der Waals surface area contributed by atoms with Crippen LogP contribution in [0, 0.1) is 0 Å². The van der Waals surface area contributed by atoms with Crippen LogP contribution in [0.3, 0.4) is 0 Å². The Bertz CT molecular complexity index is 620. The van der Waals surface area contributed by atoms with Crippen LogP contribution in [0.25, 0.3) is 10.9 Å². The van der Waals surface area contributed by atoms with Gasteiger partial charge in [0.25, 0.3) is 0 Å². The summed E-state index contributed by atoms with van der Waals surface area (Å²) in [5, 5.41) is 4.08. The van der Waals surface area contributed by atoms with Crippen LogP contribution >= 0.6 is 0 Å². The molecule has 0 saturated carbocycles. The lowest BCUT2D eigenvalue weighted by Gasteiger charge is -2.04. The summed E-state index contributed by atoms with van der Waals surface area (Å²) >= 11 is 0. The van der Waals surface area contributed by atoms with Crippen LogP contribution in [0.4, 0.5) is 5.82 Å². The van der Waals surface area contributed by atoms with Gasteiger partial charge in [0.15, 0.2) is 0 Å². The molecule has 1 heterocycles. The van der Waals surface area contributed by atoms with E-state index >= 15 is 0 Å². The molecule has 0 bridgehead atoms. The van der Waals surface area contributed by atoms with Gasteiger partial charge >= 0.3 is 5.97 Å². The number of nitrogens with one attached hydrogen (secondary N) is 1. The Morgan fingerprint density at radius 2 is 2.11 bits per heavy atom. The van der Waals surface area contributed by atoms with E-state index < -0.39 is 0 Å². The number of nitrogens with zero attached hydrogens (tertiary/aromatic N) is 1. The van der Waals surface area contributed by atoms with Crippen LogP contribution in [0.15, 0.2) is 48.2 Å². The van der Waals surface area contributed by atoms with Crippen LogP contribution in [0.1, 0.15) is 13.8 Å². The highest BCUT2D eigenvalue weighted by molar-refractivity contribution is 5.88. The summed E-state index contributed by atoms with van der Waals surface area (Å²) in [4.78, 5) is 15.9. The number of pyridine rings is 1. The molecule has 0 amide bonds. The smallest absolute Gasteiger partial charge is 0.335 e. The van der Waals surface area contributed by atoms with Gasteiger partial charge in [-0.05, 0) is 32.0 Å². The summed E-state index contributed by atoms with van der Waals surface area (Å²) in [7, 11) is 0. The van der Waals surface area contributed by atoms with Gasteiger partial charge in [-0.25, -0.2) is 9.78 Å². The zero-order valence-corrected chi connectivity index (χ0v) is 11.0. The molecule has 1 aromatic carbocycles. The lowest BCUT2D eigenvalue weighted by molar-refractivity contribution is -0.138. The van der Waals surface area contributed by atoms with Crippen molar-refractivity contribution in [2.24, 2.45) is 0 Å².